The molecule has 1 fully saturated rings. The molecule has 1 saturated heterocycles. The fraction of sp³-hybridized carbons (Fsp3) is 0.222. The average Bonchev–Trinajstić information content (AvgIpc) is 2.86. The number of nitrogens with zero attached hydrogens (tertiary/aromatic N) is 2. The van der Waals surface area contributed by atoms with E-state index in [1.807, 2.05) is 25.1 Å². The van der Waals surface area contributed by atoms with Gasteiger partial charge in [-0.05, 0) is 67.4 Å². The third-order valence-corrected chi connectivity index (χ3v) is 6.87. The van der Waals surface area contributed by atoms with E-state index in [0.717, 1.165) is 5.56 Å². The van der Waals surface area contributed by atoms with Crippen molar-refractivity contribution in [2.24, 2.45) is 4.99 Å². The van der Waals surface area contributed by atoms with Crippen molar-refractivity contribution in [3.63, 3.8) is 0 Å². The molecule has 0 spiro atoms. The molecule has 1 heterocycles. The molecule has 0 radical (unpaired) electrons. The summed E-state index contributed by atoms with van der Waals surface area (Å²) < 4.78 is 18.9. The maximum Gasteiger partial charge on any atom is 0.238 e. The van der Waals surface area contributed by atoms with Gasteiger partial charge in [0.15, 0.2) is 5.17 Å². The first-order chi connectivity index (χ1) is 17.4. The summed E-state index contributed by atoms with van der Waals surface area (Å²) in [5, 5.41) is 3.25. The summed E-state index contributed by atoms with van der Waals surface area (Å²) in [5.41, 5.74) is 2.10. The second-order valence-electron chi connectivity index (χ2n) is 8.05. The Balaban J connectivity index is 1.53. The molecule has 1 unspecified atom stereocenters. The number of amidine groups is 1. The molecule has 2 amide bonds. The quantitative estimate of drug-likeness (QED) is 0.387. The Morgan fingerprint density at radius 2 is 1.92 bits per heavy atom. The first kappa shape index (κ1) is 25.7. The maximum atomic E-state index is 13.4. The molecule has 9 heteroatoms. The molecule has 36 heavy (non-hydrogen) atoms. The van der Waals surface area contributed by atoms with Crippen LogP contribution in [0.5, 0.6) is 5.75 Å². The van der Waals surface area contributed by atoms with E-state index in [4.69, 9.17) is 16.3 Å². The lowest BCUT2D eigenvalue weighted by Gasteiger charge is -2.32. The van der Waals surface area contributed by atoms with Crippen LogP contribution in [0, 0.1) is 5.82 Å². The Bertz CT molecular complexity index is 1250. The van der Waals surface area contributed by atoms with Crippen LogP contribution in [-0.4, -0.2) is 40.3 Å². The molecule has 1 N–H and O–H groups in total. The summed E-state index contributed by atoms with van der Waals surface area (Å²) in [4.78, 5) is 32.4. The lowest BCUT2D eigenvalue weighted by Crippen LogP contribution is -2.46. The Morgan fingerprint density at radius 1 is 1.17 bits per heavy atom. The van der Waals surface area contributed by atoms with Crippen molar-refractivity contribution >= 4 is 51.7 Å². The maximum absolute atomic E-state index is 13.4. The molecule has 1 aliphatic rings. The number of benzene rings is 3. The predicted octanol–water partition coefficient (Wildman–Crippen LogP) is 6.08. The van der Waals surface area contributed by atoms with Gasteiger partial charge in [-0.15, -0.1) is 0 Å². The fourth-order valence-corrected chi connectivity index (χ4v) is 4.88. The van der Waals surface area contributed by atoms with E-state index in [0.29, 0.717) is 46.9 Å². The smallest absolute Gasteiger partial charge is 0.238 e. The predicted molar refractivity (Wildman–Crippen MR) is 143 cm³/mol. The average molecular weight is 526 g/mol. The number of thioether (sulfide) groups is 1. The summed E-state index contributed by atoms with van der Waals surface area (Å²) in [6.45, 7) is 2.79. The number of amides is 2. The van der Waals surface area contributed by atoms with Gasteiger partial charge in [-0.25, -0.2) is 9.38 Å². The van der Waals surface area contributed by atoms with E-state index < -0.39 is 5.25 Å². The molecule has 3 aromatic carbocycles. The molecule has 6 nitrogen and oxygen atoms in total. The van der Waals surface area contributed by atoms with Gasteiger partial charge < -0.3 is 10.1 Å². The number of carbonyl (C=O) groups is 2. The lowest BCUT2D eigenvalue weighted by molar-refractivity contribution is -0.129. The molecule has 3 aromatic rings. The van der Waals surface area contributed by atoms with E-state index in [9.17, 15) is 14.0 Å². The van der Waals surface area contributed by atoms with Crippen molar-refractivity contribution < 1.29 is 18.7 Å². The fourth-order valence-electron chi connectivity index (χ4n) is 3.63. The molecule has 1 aliphatic heterocycles. The monoisotopic (exact) mass is 525 g/mol. The number of hydrogen-bond acceptors (Lipinski definition) is 5. The standard InChI is InChI=1S/C27H25ClFN3O3S/c1-2-35-23-5-3-4-22(16-23)30-26(34)24-17-25(33)32(15-14-18-6-8-19(28)9-7-18)27(36-24)31-21-12-10-20(29)11-13-21/h3-13,16,24H,2,14-15,17H2,1H3,(H,30,34). The zero-order chi connectivity index (χ0) is 25.5. The van der Waals surface area contributed by atoms with Gasteiger partial charge in [0.05, 0.1) is 12.3 Å². The summed E-state index contributed by atoms with van der Waals surface area (Å²) in [7, 11) is 0. The highest BCUT2D eigenvalue weighted by Gasteiger charge is 2.35. The molecule has 186 valence electrons. The Labute approximate surface area is 218 Å². The van der Waals surface area contributed by atoms with Crippen LogP contribution in [0.4, 0.5) is 15.8 Å². The van der Waals surface area contributed by atoms with Gasteiger partial charge in [-0.1, -0.05) is 41.6 Å². The number of aliphatic imine (C=N–C) groups is 1. The highest BCUT2D eigenvalue weighted by Crippen LogP contribution is 2.30. The van der Waals surface area contributed by atoms with E-state index in [2.05, 4.69) is 10.3 Å². The number of nitrogens with one attached hydrogen (secondary N) is 1. The van der Waals surface area contributed by atoms with Gasteiger partial charge in [0, 0.05) is 29.7 Å². The molecule has 0 saturated carbocycles. The van der Waals surface area contributed by atoms with Crippen LogP contribution in [0.2, 0.25) is 5.02 Å². The summed E-state index contributed by atoms with van der Waals surface area (Å²) >= 11 is 7.20. The topological polar surface area (TPSA) is 71.0 Å². The van der Waals surface area contributed by atoms with Crippen LogP contribution in [0.15, 0.2) is 77.8 Å². The first-order valence-corrected chi connectivity index (χ1v) is 12.8. The van der Waals surface area contributed by atoms with Crippen LogP contribution in [0.25, 0.3) is 0 Å². The summed E-state index contributed by atoms with van der Waals surface area (Å²) in [6, 6.07) is 20.2. The zero-order valence-electron chi connectivity index (χ0n) is 19.6. The van der Waals surface area contributed by atoms with Crippen molar-refractivity contribution in [1.82, 2.24) is 4.90 Å². The summed E-state index contributed by atoms with van der Waals surface area (Å²) in [5.74, 6) is -0.231. The molecule has 0 aliphatic carbocycles. The van der Waals surface area contributed by atoms with Gasteiger partial charge in [0.25, 0.3) is 0 Å². The van der Waals surface area contributed by atoms with Crippen molar-refractivity contribution in [3.8, 4) is 5.75 Å². The third kappa shape index (κ3) is 6.86. The van der Waals surface area contributed by atoms with Gasteiger partial charge in [0.2, 0.25) is 11.8 Å². The highest BCUT2D eigenvalue weighted by molar-refractivity contribution is 8.15. The lowest BCUT2D eigenvalue weighted by atomic mass is 10.1. The molecule has 0 bridgehead atoms. The SMILES string of the molecule is CCOc1cccc(NC(=O)C2CC(=O)N(CCc3ccc(Cl)cc3)C(=Nc3ccc(F)cc3)S2)c1. The summed E-state index contributed by atoms with van der Waals surface area (Å²) in [6.07, 6.45) is 0.623. The normalized spacial score (nSPS) is 16.8. The molecule has 0 aromatic heterocycles. The number of halogens is 2. The van der Waals surface area contributed by atoms with E-state index >= 15 is 0 Å². The van der Waals surface area contributed by atoms with Crippen molar-refractivity contribution in [2.75, 3.05) is 18.5 Å². The van der Waals surface area contributed by atoms with E-state index in [-0.39, 0.29) is 24.1 Å². The van der Waals surface area contributed by atoms with Gasteiger partial charge in [-0.2, -0.15) is 0 Å². The van der Waals surface area contributed by atoms with Gasteiger partial charge in [0.1, 0.15) is 16.8 Å². The van der Waals surface area contributed by atoms with Crippen LogP contribution in [0.1, 0.15) is 18.9 Å². The minimum Gasteiger partial charge on any atom is -0.494 e. The molecular weight excluding hydrogens is 501 g/mol. The minimum absolute atomic E-state index is 0.0324. The third-order valence-electron chi connectivity index (χ3n) is 5.43. The number of rotatable bonds is 8. The van der Waals surface area contributed by atoms with Crippen molar-refractivity contribution in [2.45, 2.75) is 25.0 Å². The van der Waals surface area contributed by atoms with Gasteiger partial charge >= 0.3 is 0 Å². The Hall–Kier alpha value is -3.36. The van der Waals surface area contributed by atoms with Crippen LogP contribution in [-0.2, 0) is 16.0 Å². The van der Waals surface area contributed by atoms with E-state index in [1.54, 1.807) is 35.2 Å². The first-order valence-electron chi connectivity index (χ1n) is 11.5. The van der Waals surface area contributed by atoms with Crippen molar-refractivity contribution in [3.05, 3.63) is 89.2 Å². The molecular formula is C27H25ClFN3O3S. The highest BCUT2D eigenvalue weighted by atomic mass is 35.5. The van der Waals surface area contributed by atoms with Crippen molar-refractivity contribution in [1.29, 1.82) is 0 Å². The van der Waals surface area contributed by atoms with Gasteiger partial charge in [-0.3, -0.25) is 14.5 Å². The minimum atomic E-state index is -0.667. The Kier molecular flexibility index (Phi) is 8.61. The van der Waals surface area contributed by atoms with Crippen LogP contribution < -0.4 is 10.1 Å². The number of hydrogen-bond donors (Lipinski definition) is 1. The second kappa shape index (κ2) is 12.1. The number of ether oxygens (including phenoxy) is 1. The van der Waals surface area contributed by atoms with Crippen LogP contribution >= 0.6 is 23.4 Å². The van der Waals surface area contributed by atoms with E-state index in [1.165, 1.54) is 36.0 Å². The molecule has 1 atom stereocenters. The number of anilines is 1. The van der Waals surface area contributed by atoms with Crippen LogP contribution in [0.3, 0.4) is 0 Å². The second-order valence-corrected chi connectivity index (χ2v) is 9.66. The molecule has 4 rings (SSSR count). The zero-order valence-corrected chi connectivity index (χ0v) is 21.2. The number of carbonyl (C=O) groups excluding carboxylic acids is 2. The Morgan fingerprint density at radius 3 is 2.64 bits per heavy atom. The largest absolute Gasteiger partial charge is 0.494 e.